The number of carbonyl (C=O) groups excluding carboxylic acids is 1. The topological polar surface area (TPSA) is 29.5 Å². The van der Waals surface area contributed by atoms with Crippen molar-refractivity contribution in [2.24, 2.45) is 0 Å². The third-order valence-electron chi connectivity index (χ3n) is 4.81. The molecule has 1 fully saturated rings. The van der Waals surface area contributed by atoms with Crippen LogP contribution in [0.2, 0.25) is 0 Å². The van der Waals surface area contributed by atoms with Gasteiger partial charge in [-0.15, -0.1) is 0 Å². The van der Waals surface area contributed by atoms with Crippen molar-refractivity contribution in [2.75, 3.05) is 20.2 Å². The molecule has 0 aromatic heterocycles. The number of piperidine rings is 1. The van der Waals surface area contributed by atoms with Gasteiger partial charge in [-0.1, -0.05) is 24.3 Å². The molecule has 1 amide bonds. The third-order valence-corrected chi connectivity index (χ3v) is 4.81. The molecule has 1 saturated heterocycles. The van der Waals surface area contributed by atoms with E-state index in [1.165, 1.54) is 11.1 Å². The molecule has 108 valence electrons. The minimum Gasteiger partial charge on any atom is -0.381 e. The number of rotatable bonds is 3. The fraction of sp³-hybridized carbons (Fsp3) is 0.588. The maximum absolute atomic E-state index is 12.4. The Bertz CT molecular complexity index is 478. The number of amides is 1. The van der Waals surface area contributed by atoms with Gasteiger partial charge in [0.1, 0.15) is 0 Å². The minimum atomic E-state index is 0.321. The smallest absolute Gasteiger partial charge is 0.223 e. The maximum Gasteiger partial charge on any atom is 0.223 e. The summed E-state index contributed by atoms with van der Waals surface area (Å²) in [5.41, 5.74) is 2.83. The molecular weight excluding hydrogens is 250 g/mol. The van der Waals surface area contributed by atoms with E-state index in [2.05, 4.69) is 24.3 Å². The average Bonchev–Trinajstić information content (AvgIpc) is 2.91. The van der Waals surface area contributed by atoms with Gasteiger partial charge >= 0.3 is 0 Å². The van der Waals surface area contributed by atoms with Gasteiger partial charge in [0.2, 0.25) is 5.91 Å². The van der Waals surface area contributed by atoms with E-state index in [9.17, 15) is 4.79 Å². The van der Waals surface area contributed by atoms with Gasteiger partial charge in [0.15, 0.2) is 0 Å². The summed E-state index contributed by atoms with van der Waals surface area (Å²) < 4.78 is 5.36. The summed E-state index contributed by atoms with van der Waals surface area (Å²) in [4.78, 5) is 14.5. The van der Waals surface area contributed by atoms with Crippen molar-refractivity contribution in [1.29, 1.82) is 0 Å². The molecule has 2 aliphatic rings. The lowest BCUT2D eigenvalue weighted by Crippen LogP contribution is -2.41. The van der Waals surface area contributed by atoms with E-state index in [0.717, 1.165) is 38.8 Å². The number of nitrogens with zero attached hydrogens (tertiary/aromatic N) is 1. The molecule has 0 radical (unpaired) electrons. The summed E-state index contributed by atoms with van der Waals surface area (Å²) >= 11 is 0. The van der Waals surface area contributed by atoms with Crippen LogP contribution in [-0.4, -0.2) is 37.1 Å². The fourth-order valence-electron chi connectivity index (χ4n) is 3.54. The van der Waals surface area contributed by atoms with Crippen LogP contribution in [0, 0.1) is 0 Å². The maximum atomic E-state index is 12.4. The number of aryl methyl sites for hydroxylation is 1. The van der Waals surface area contributed by atoms with Gasteiger partial charge in [-0.2, -0.15) is 0 Å². The zero-order valence-corrected chi connectivity index (χ0v) is 12.2. The van der Waals surface area contributed by atoms with Gasteiger partial charge in [-0.3, -0.25) is 4.79 Å². The lowest BCUT2D eigenvalue weighted by atomic mass is 9.96. The van der Waals surface area contributed by atoms with Crippen LogP contribution in [0.1, 0.15) is 42.7 Å². The Kier molecular flexibility index (Phi) is 4.06. The van der Waals surface area contributed by atoms with Gasteiger partial charge in [0, 0.05) is 26.6 Å². The van der Waals surface area contributed by atoms with Crippen molar-refractivity contribution in [3.8, 4) is 0 Å². The average molecular weight is 273 g/mol. The Labute approximate surface area is 120 Å². The molecule has 0 saturated carbocycles. The summed E-state index contributed by atoms with van der Waals surface area (Å²) in [6.45, 7) is 1.71. The standard InChI is InChI=1S/C17H23NO2/c1-20-15-8-10-18(11-9-15)17(19)12-14-7-6-13-4-2-3-5-16(13)14/h2-5,14-15H,6-12H2,1H3/t14-/m0/s1. The van der Waals surface area contributed by atoms with Crippen LogP contribution in [0.4, 0.5) is 0 Å². The number of carbonyl (C=O) groups is 1. The lowest BCUT2D eigenvalue weighted by Gasteiger charge is -2.32. The Hall–Kier alpha value is -1.35. The number of fused-ring (bicyclic) bond motifs is 1. The van der Waals surface area contributed by atoms with Crippen molar-refractivity contribution in [2.45, 2.75) is 44.1 Å². The summed E-state index contributed by atoms with van der Waals surface area (Å²) in [5.74, 6) is 0.750. The number of benzene rings is 1. The Morgan fingerprint density at radius 1 is 1.25 bits per heavy atom. The summed E-state index contributed by atoms with van der Waals surface area (Å²) in [7, 11) is 1.76. The van der Waals surface area contributed by atoms with Gasteiger partial charge in [0.05, 0.1) is 6.10 Å². The number of methoxy groups -OCH3 is 1. The highest BCUT2D eigenvalue weighted by Crippen LogP contribution is 2.35. The first-order valence-corrected chi connectivity index (χ1v) is 7.66. The zero-order chi connectivity index (χ0) is 13.9. The van der Waals surface area contributed by atoms with Crippen LogP contribution in [0.25, 0.3) is 0 Å². The second kappa shape index (κ2) is 5.96. The normalized spacial score (nSPS) is 22.9. The first kappa shape index (κ1) is 13.6. The number of likely N-dealkylation sites (tertiary alicyclic amines) is 1. The van der Waals surface area contributed by atoms with Crippen molar-refractivity contribution in [3.05, 3.63) is 35.4 Å². The number of hydrogen-bond donors (Lipinski definition) is 0. The van der Waals surface area contributed by atoms with E-state index < -0.39 is 0 Å². The molecule has 1 aliphatic heterocycles. The van der Waals surface area contributed by atoms with Crippen molar-refractivity contribution in [1.82, 2.24) is 4.90 Å². The molecule has 1 aromatic rings. The highest BCUT2D eigenvalue weighted by atomic mass is 16.5. The Morgan fingerprint density at radius 3 is 2.75 bits per heavy atom. The Balaban J connectivity index is 1.58. The van der Waals surface area contributed by atoms with E-state index in [0.29, 0.717) is 24.3 Å². The van der Waals surface area contributed by atoms with E-state index in [-0.39, 0.29) is 0 Å². The van der Waals surface area contributed by atoms with E-state index in [1.54, 1.807) is 7.11 Å². The predicted octanol–water partition coefficient (Wildman–Crippen LogP) is 2.74. The molecular formula is C17H23NO2. The molecule has 0 unspecified atom stereocenters. The fourth-order valence-corrected chi connectivity index (χ4v) is 3.54. The highest BCUT2D eigenvalue weighted by Gasteiger charge is 2.28. The van der Waals surface area contributed by atoms with Gasteiger partial charge in [-0.05, 0) is 42.7 Å². The molecule has 3 nitrogen and oxygen atoms in total. The molecule has 0 bridgehead atoms. The molecule has 3 heteroatoms. The molecule has 1 aliphatic carbocycles. The predicted molar refractivity (Wildman–Crippen MR) is 78.7 cm³/mol. The van der Waals surface area contributed by atoms with E-state index in [1.807, 2.05) is 4.90 Å². The Morgan fingerprint density at radius 2 is 2.00 bits per heavy atom. The monoisotopic (exact) mass is 273 g/mol. The van der Waals surface area contributed by atoms with Crippen molar-refractivity contribution < 1.29 is 9.53 Å². The van der Waals surface area contributed by atoms with Crippen molar-refractivity contribution in [3.63, 3.8) is 0 Å². The lowest BCUT2D eigenvalue weighted by molar-refractivity contribution is -0.133. The molecule has 0 spiro atoms. The largest absolute Gasteiger partial charge is 0.381 e. The van der Waals surface area contributed by atoms with Crippen LogP contribution in [0.5, 0.6) is 0 Å². The van der Waals surface area contributed by atoms with E-state index >= 15 is 0 Å². The van der Waals surface area contributed by atoms with Gasteiger partial charge < -0.3 is 9.64 Å². The minimum absolute atomic E-state index is 0.321. The highest BCUT2D eigenvalue weighted by molar-refractivity contribution is 5.77. The second-order valence-corrected chi connectivity index (χ2v) is 5.95. The van der Waals surface area contributed by atoms with Gasteiger partial charge in [0.25, 0.3) is 0 Å². The SMILES string of the molecule is COC1CCN(C(=O)C[C@@H]2CCc3ccccc32)CC1. The van der Waals surface area contributed by atoms with Crippen LogP contribution >= 0.6 is 0 Å². The van der Waals surface area contributed by atoms with Crippen LogP contribution in [0.15, 0.2) is 24.3 Å². The molecule has 1 heterocycles. The first-order chi connectivity index (χ1) is 9.78. The summed E-state index contributed by atoms with van der Waals surface area (Å²) in [5, 5.41) is 0. The quantitative estimate of drug-likeness (QED) is 0.847. The van der Waals surface area contributed by atoms with Crippen LogP contribution < -0.4 is 0 Å². The van der Waals surface area contributed by atoms with Gasteiger partial charge in [-0.25, -0.2) is 0 Å². The van der Waals surface area contributed by atoms with Crippen LogP contribution in [0.3, 0.4) is 0 Å². The van der Waals surface area contributed by atoms with Crippen molar-refractivity contribution >= 4 is 5.91 Å². The van der Waals surface area contributed by atoms with Crippen LogP contribution in [-0.2, 0) is 16.0 Å². The third kappa shape index (κ3) is 2.73. The summed E-state index contributed by atoms with van der Waals surface area (Å²) in [6, 6.07) is 8.57. The number of hydrogen-bond acceptors (Lipinski definition) is 2. The summed E-state index contributed by atoms with van der Waals surface area (Å²) in [6.07, 6.45) is 5.22. The van der Waals surface area contributed by atoms with E-state index in [4.69, 9.17) is 4.74 Å². The molecule has 0 N–H and O–H groups in total. The second-order valence-electron chi connectivity index (χ2n) is 5.95. The zero-order valence-electron chi connectivity index (χ0n) is 12.2. The molecule has 20 heavy (non-hydrogen) atoms. The molecule has 1 aromatic carbocycles. The molecule has 1 atom stereocenters. The first-order valence-electron chi connectivity index (χ1n) is 7.66. The molecule has 3 rings (SSSR count). The number of ether oxygens (including phenoxy) is 1.